The van der Waals surface area contributed by atoms with Gasteiger partial charge in [-0.15, -0.1) is 4.91 Å². The molecular weight excluding hydrogens is 314 g/mol. The highest BCUT2D eigenvalue weighted by Gasteiger charge is 2.26. The molecule has 0 unspecified atom stereocenters. The standard InChI is InChI=1S/C20H21N3O2/c1-12(2)23-9-8-14-15(13-6-4-3-5-7-13)10-16-18(17(14)11-23)21-20(24)19(16)22-25/h3-7,10,12,21,24H,8-9,11H2,1-2H3. The van der Waals surface area contributed by atoms with Crippen LogP contribution < -0.4 is 0 Å². The summed E-state index contributed by atoms with van der Waals surface area (Å²) in [6, 6.07) is 12.6. The Morgan fingerprint density at radius 2 is 1.96 bits per heavy atom. The molecule has 5 nitrogen and oxygen atoms in total. The van der Waals surface area contributed by atoms with E-state index in [-0.39, 0.29) is 11.6 Å². The average molecular weight is 335 g/mol. The van der Waals surface area contributed by atoms with Crippen LogP contribution in [0, 0.1) is 4.91 Å². The van der Waals surface area contributed by atoms with E-state index in [1.165, 1.54) is 5.56 Å². The van der Waals surface area contributed by atoms with Gasteiger partial charge in [-0.25, -0.2) is 0 Å². The molecule has 25 heavy (non-hydrogen) atoms. The summed E-state index contributed by atoms with van der Waals surface area (Å²) in [5, 5.41) is 13.9. The van der Waals surface area contributed by atoms with Crippen LogP contribution in [0.1, 0.15) is 25.0 Å². The van der Waals surface area contributed by atoms with E-state index in [2.05, 4.69) is 41.0 Å². The summed E-state index contributed by atoms with van der Waals surface area (Å²) in [4.78, 5) is 16.6. The van der Waals surface area contributed by atoms with E-state index in [1.54, 1.807) is 0 Å². The van der Waals surface area contributed by atoms with Gasteiger partial charge in [0.25, 0.3) is 0 Å². The predicted octanol–water partition coefficient (Wildman–Crippen LogP) is 4.70. The van der Waals surface area contributed by atoms with Crippen molar-refractivity contribution in [1.82, 2.24) is 9.88 Å². The van der Waals surface area contributed by atoms with Gasteiger partial charge in [-0.2, -0.15) is 0 Å². The number of nitrogens with zero attached hydrogens (tertiary/aromatic N) is 2. The van der Waals surface area contributed by atoms with Gasteiger partial charge < -0.3 is 10.1 Å². The normalized spacial score (nSPS) is 14.8. The van der Waals surface area contributed by atoms with Crippen LogP contribution >= 0.6 is 0 Å². The van der Waals surface area contributed by atoms with Gasteiger partial charge >= 0.3 is 0 Å². The summed E-state index contributed by atoms with van der Waals surface area (Å²) < 4.78 is 0. The Morgan fingerprint density at radius 1 is 1.20 bits per heavy atom. The van der Waals surface area contributed by atoms with Gasteiger partial charge in [0.2, 0.25) is 5.88 Å². The largest absolute Gasteiger partial charge is 0.493 e. The first kappa shape index (κ1) is 15.8. The summed E-state index contributed by atoms with van der Waals surface area (Å²) in [5.41, 5.74) is 5.60. The molecule has 0 aliphatic carbocycles. The number of H-pyrrole nitrogens is 1. The van der Waals surface area contributed by atoms with Crippen molar-refractivity contribution in [3.63, 3.8) is 0 Å². The Labute approximate surface area is 146 Å². The molecule has 0 saturated heterocycles. The number of benzene rings is 2. The lowest BCUT2D eigenvalue weighted by molar-refractivity contribution is 0.204. The fourth-order valence-corrected chi connectivity index (χ4v) is 3.82. The van der Waals surface area contributed by atoms with Crippen LogP contribution in [-0.4, -0.2) is 27.6 Å². The molecule has 1 aliphatic rings. The molecule has 5 heteroatoms. The summed E-state index contributed by atoms with van der Waals surface area (Å²) in [5.74, 6) is -0.154. The minimum absolute atomic E-state index is 0.0941. The number of hydrogen-bond donors (Lipinski definition) is 2. The van der Waals surface area contributed by atoms with Crippen molar-refractivity contribution in [2.45, 2.75) is 32.9 Å². The third-order valence-electron chi connectivity index (χ3n) is 5.19. The molecule has 2 N–H and O–H groups in total. The Morgan fingerprint density at radius 3 is 2.64 bits per heavy atom. The second-order valence-electron chi connectivity index (χ2n) is 6.90. The fraction of sp³-hybridized carbons (Fsp3) is 0.300. The first-order valence-electron chi connectivity index (χ1n) is 8.62. The maximum atomic E-state index is 11.3. The zero-order chi connectivity index (χ0) is 17.6. The highest BCUT2D eigenvalue weighted by atomic mass is 16.3. The van der Waals surface area contributed by atoms with Crippen molar-refractivity contribution >= 4 is 16.6 Å². The number of aromatic hydroxyl groups is 1. The summed E-state index contributed by atoms with van der Waals surface area (Å²) >= 11 is 0. The van der Waals surface area contributed by atoms with Crippen molar-refractivity contribution in [1.29, 1.82) is 0 Å². The molecule has 0 fully saturated rings. The van der Waals surface area contributed by atoms with Gasteiger partial charge in [-0.3, -0.25) is 4.90 Å². The number of aromatic amines is 1. The third-order valence-corrected chi connectivity index (χ3v) is 5.19. The molecule has 3 aromatic rings. The van der Waals surface area contributed by atoms with Gasteiger partial charge in [-0.05, 0) is 53.8 Å². The average Bonchev–Trinajstić information content (AvgIpc) is 2.96. The smallest absolute Gasteiger partial charge is 0.219 e. The summed E-state index contributed by atoms with van der Waals surface area (Å²) in [7, 11) is 0. The van der Waals surface area contributed by atoms with Crippen molar-refractivity contribution in [3.05, 3.63) is 52.4 Å². The van der Waals surface area contributed by atoms with E-state index in [4.69, 9.17) is 0 Å². The van der Waals surface area contributed by atoms with Crippen LogP contribution in [0.4, 0.5) is 5.69 Å². The third kappa shape index (κ3) is 2.51. The van der Waals surface area contributed by atoms with Crippen molar-refractivity contribution in [2.24, 2.45) is 5.18 Å². The van der Waals surface area contributed by atoms with E-state index in [1.807, 2.05) is 24.3 Å². The number of nitroso groups, excluding NO2 is 1. The summed E-state index contributed by atoms with van der Waals surface area (Å²) in [6.45, 7) is 6.17. The molecule has 0 saturated carbocycles. The first-order chi connectivity index (χ1) is 12.1. The highest BCUT2D eigenvalue weighted by molar-refractivity contribution is 6.00. The fourth-order valence-electron chi connectivity index (χ4n) is 3.82. The van der Waals surface area contributed by atoms with Crippen LogP contribution in [-0.2, 0) is 13.0 Å². The molecule has 1 aromatic heterocycles. The topological polar surface area (TPSA) is 68.7 Å². The van der Waals surface area contributed by atoms with Crippen molar-refractivity contribution in [3.8, 4) is 17.0 Å². The monoisotopic (exact) mass is 335 g/mol. The maximum Gasteiger partial charge on any atom is 0.219 e. The van der Waals surface area contributed by atoms with Gasteiger partial charge in [-0.1, -0.05) is 30.3 Å². The Bertz CT molecular complexity index is 945. The second kappa shape index (κ2) is 6.01. The molecule has 0 amide bonds. The van der Waals surface area contributed by atoms with E-state index >= 15 is 0 Å². The van der Waals surface area contributed by atoms with Crippen LogP contribution in [0.3, 0.4) is 0 Å². The number of aromatic nitrogens is 1. The second-order valence-corrected chi connectivity index (χ2v) is 6.90. The first-order valence-corrected chi connectivity index (χ1v) is 8.62. The van der Waals surface area contributed by atoms with Crippen LogP contribution in [0.15, 0.2) is 41.6 Å². The van der Waals surface area contributed by atoms with Crippen LogP contribution in [0.5, 0.6) is 5.88 Å². The highest BCUT2D eigenvalue weighted by Crippen LogP contribution is 2.43. The van der Waals surface area contributed by atoms with E-state index in [9.17, 15) is 10.0 Å². The number of nitrogens with one attached hydrogen (secondary N) is 1. The van der Waals surface area contributed by atoms with Crippen LogP contribution in [0.25, 0.3) is 22.0 Å². The predicted molar refractivity (Wildman–Crippen MR) is 100 cm³/mol. The van der Waals surface area contributed by atoms with Gasteiger partial charge in [0, 0.05) is 24.5 Å². The Kier molecular flexibility index (Phi) is 3.81. The molecular formula is C20H21N3O2. The lowest BCUT2D eigenvalue weighted by Gasteiger charge is -2.33. The van der Waals surface area contributed by atoms with E-state index in [0.717, 1.165) is 41.7 Å². The van der Waals surface area contributed by atoms with Crippen molar-refractivity contribution < 1.29 is 5.11 Å². The molecule has 0 atom stereocenters. The molecule has 0 radical (unpaired) electrons. The zero-order valence-electron chi connectivity index (χ0n) is 14.4. The Balaban J connectivity index is 2.02. The molecule has 2 heterocycles. The van der Waals surface area contributed by atoms with E-state index < -0.39 is 0 Å². The minimum Gasteiger partial charge on any atom is -0.493 e. The molecule has 2 aromatic carbocycles. The number of hydrogen-bond acceptors (Lipinski definition) is 4. The molecule has 0 bridgehead atoms. The lowest BCUT2D eigenvalue weighted by Crippen LogP contribution is -2.36. The zero-order valence-corrected chi connectivity index (χ0v) is 14.4. The van der Waals surface area contributed by atoms with Crippen LogP contribution in [0.2, 0.25) is 0 Å². The SMILES string of the molecule is CC(C)N1CCc2c(-c3ccccc3)cc3c(N=O)c(O)[nH]c3c2C1. The van der Waals surface area contributed by atoms with Gasteiger partial charge in [0.05, 0.1) is 5.52 Å². The minimum atomic E-state index is -0.154. The quantitative estimate of drug-likeness (QED) is 0.681. The number of rotatable bonds is 3. The molecule has 4 rings (SSSR count). The summed E-state index contributed by atoms with van der Waals surface area (Å²) in [6.07, 6.45) is 0.942. The lowest BCUT2D eigenvalue weighted by atomic mass is 9.88. The van der Waals surface area contributed by atoms with Gasteiger partial charge in [0.1, 0.15) is 0 Å². The maximum absolute atomic E-state index is 11.3. The van der Waals surface area contributed by atoms with Crippen molar-refractivity contribution in [2.75, 3.05) is 6.54 Å². The molecule has 0 spiro atoms. The van der Waals surface area contributed by atoms with Gasteiger partial charge in [0.15, 0.2) is 5.69 Å². The molecule has 128 valence electrons. The Hall–Kier alpha value is -2.66. The molecule has 1 aliphatic heterocycles. The number of fused-ring (bicyclic) bond motifs is 3. The van der Waals surface area contributed by atoms with E-state index in [0.29, 0.717) is 11.4 Å².